The van der Waals surface area contributed by atoms with Crippen LogP contribution in [-0.2, 0) is 4.74 Å². The molecule has 2 saturated heterocycles. The van der Waals surface area contributed by atoms with Crippen LogP contribution in [0.1, 0.15) is 57.8 Å². The number of methoxy groups -OCH3 is 1. The van der Waals surface area contributed by atoms with E-state index in [-0.39, 0.29) is 40.5 Å². The molecule has 1 spiro atoms. The van der Waals surface area contributed by atoms with Crippen LogP contribution in [0.3, 0.4) is 0 Å². The lowest BCUT2D eigenvalue weighted by atomic mass is 9.76. The van der Waals surface area contributed by atoms with Crippen molar-refractivity contribution in [3.05, 3.63) is 35.9 Å². The normalized spacial score (nSPS) is 18.5. The van der Waals surface area contributed by atoms with Crippen LogP contribution < -0.4 is 9.64 Å². The zero-order valence-corrected chi connectivity index (χ0v) is 27.4. The van der Waals surface area contributed by atoms with E-state index in [1.165, 1.54) is 24.5 Å². The first-order chi connectivity index (χ1) is 21.0. The van der Waals surface area contributed by atoms with Gasteiger partial charge in [-0.15, -0.1) is 10.2 Å². The van der Waals surface area contributed by atoms with E-state index in [1.54, 1.807) is 12.0 Å². The molecule has 3 unspecified atom stereocenters. The highest BCUT2D eigenvalue weighted by Gasteiger charge is 2.51. The third-order valence-electron chi connectivity index (χ3n) is 9.27. The van der Waals surface area contributed by atoms with Crippen molar-refractivity contribution in [2.75, 3.05) is 71.5 Å². The van der Waals surface area contributed by atoms with Crippen molar-refractivity contribution < 1.29 is 23.8 Å². The Labute approximate surface area is 261 Å². The number of aliphatic hydroxyl groups is 1. The van der Waals surface area contributed by atoms with Gasteiger partial charge in [0.2, 0.25) is 0 Å². The van der Waals surface area contributed by atoms with E-state index < -0.39 is 11.9 Å². The maximum Gasteiger partial charge on any atom is 0.282 e. The molecular formula is C32H50FN7O4. The number of anilines is 1. The van der Waals surface area contributed by atoms with Gasteiger partial charge in [-0.05, 0) is 64.8 Å². The van der Waals surface area contributed by atoms with E-state index in [0.717, 1.165) is 45.6 Å². The molecule has 244 valence electrons. The Bertz CT molecular complexity index is 1240. The van der Waals surface area contributed by atoms with Gasteiger partial charge >= 0.3 is 0 Å². The first-order valence-corrected chi connectivity index (χ1v) is 15.8. The number of aliphatic hydroxyl groups excluding tert-OH is 1. The third kappa shape index (κ3) is 7.64. The lowest BCUT2D eigenvalue weighted by Gasteiger charge is -2.53. The van der Waals surface area contributed by atoms with Crippen molar-refractivity contribution >= 4 is 11.7 Å². The minimum atomic E-state index is -0.514. The van der Waals surface area contributed by atoms with Crippen LogP contribution in [0.25, 0.3) is 0 Å². The summed E-state index contributed by atoms with van der Waals surface area (Å²) in [6, 6.07) is 4.18. The SMILES string of the molecule is CCC(C(C)C(O)CN(C)CCOC)N1CC2(CCN(c3ncnnc3Oc3ccc(F)cc3C(=O)N(CC)C(C)C)C2)C1. The molecule has 44 heavy (non-hydrogen) atoms. The van der Waals surface area contributed by atoms with Crippen LogP contribution in [0.5, 0.6) is 11.6 Å². The van der Waals surface area contributed by atoms with Gasteiger partial charge in [0.25, 0.3) is 11.8 Å². The van der Waals surface area contributed by atoms with Crippen molar-refractivity contribution in [2.24, 2.45) is 11.3 Å². The number of hydrogen-bond acceptors (Lipinski definition) is 10. The Balaban J connectivity index is 1.43. The number of nitrogens with zero attached hydrogens (tertiary/aromatic N) is 7. The fraction of sp³-hybridized carbons (Fsp3) is 0.688. The molecule has 0 aliphatic carbocycles. The topological polar surface area (TPSA) is 107 Å². The smallest absolute Gasteiger partial charge is 0.282 e. The van der Waals surface area contributed by atoms with E-state index in [0.29, 0.717) is 31.6 Å². The number of carbonyl (C=O) groups is 1. The maximum atomic E-state index is 14.3. The zero-order chi connectivity index (χ0) is 32.0. The number of carbonyl (C=O) groups excluding carboxylic acids is 1. The predicted octanol–water partition coefficient (Wildman–Crippen LogP) is 3.54. The van der Waals surface area contributed by atoms with E-state index in [4.69, 9.17) is 9.47 Å². The molecule has 0 saturated carbocycles. The molecule has 4 rings (SSSR count). The maximum absolute atomic E-state index is 14.3. The molecule has 2 aromatic rings. The van der Waals surface area contributed by atoms with Crippen LogP contribution in [0.2, 0.25) is 0 Å². The van der Waals surface area contributed by atoms with Crippen LogP contribution in [0, 0.1) is 17.2 Å². The molecular weight excluding hydrogens is 565 g/mol. The zero-order valence-electron chi connectivity index (χ0n) is 27.4. The summed E-state index contributed by atoms with van der Waals surface area (Å²) < 4.78 is 25.6. The van der Waals surface area contributed by atoms with Gasteiger partial charge in [0.05, 0.1) is 18.3 Å². The van der Waals surface area contributed by atoms with Crippen molar-refractivity contribution in [1.82, 2.24) is 29.9 Å². The van der Waals surface area contributed by atoms with Crippen LogP contribution >= 0.6 is 0 Å². The molecule has 1 amide bonds. The summed E-state index contributed by atoms with van der Waals surface area (Å²) in [6.45, 7) is 16.1. The predicted molar refractivity (Wildman–Crippen MR) is 168 cm³/mol. The van der Waals surface area contributed by atoms with Crippen molar-refractivity contribution in [1.29, 1.82) is 0 Å². The molecule has 0 radical (unpaired) electrons. The number of aromatic nitrogens is 3. The van der Waals surface area contributed by atoms with Crippen LogP contribution in [-0.4, -0.2) is 126 Å². The molecule has 2 fully saturated rings. The standard InChI is InChI=1S/C32H50FN7O4/c1-8-26(23(5)27(41)17-37(6)14-15-43-7)39-19-32(20-39)12-13-38(18-32)29-30(36-35-21-34-29)44-28-11-10-24(33)16-25(28)31(42)40(9-2)22(3)4/h10-11,16,21-23,26-27,41H,8-9,12-15,17-20H2,1-7H3. The summed E-state index contributed by atoms with van der Waals surface area (Å²) in [5.74, 6) is 0.279. The number of rotatable bonds is 15. The van der Waals surface area contributed by atoms with Crippen molar-refractivity contribution in [2.45, 2.75) is 65.6 Å². The minimum absolute atomic E-state index is 0.0546. The number of benzene rings is 1. The van der Waals surface area contributed by atoms with Gasteiger partial charge in [0.15, 0.2) is 5.82 Å². The van der Waals surface area contributed by atoms with E-state index in [1.807, 2.05) is 27.8 Å². The summed E-state index contributed by atoms with van der Waals surface area (Å²) in [5.41, 5.74) is 0.252. The van der Waals surface area contributed by atoms with E-state index >= 15 is 0 Å². The molecule has 11 nitrogen and oxygen atoms in total. The van der Waals surface area contributed by atoms with E-state index in [2.05, 4.69) is 43.7 Å². The Hall–Kier alpha value is -2.93. The van der Waals surface area contributed by atoms with Gasteiger partial charge in [0.1, 0.15) is 17.9 Å². The molecule has 1 aromatic heterocycles. The largest absolute Gasteiger partial charge is 0.434 e. The van der Waals surface area contributed by atoms with Crippen molar-refractivity contribution in [3.8, 4) is 11.6 Å². The van der Waals surface area contributed by atoms with Gasteiger partial charge in [0, 0.05) is 70.4 Å². The molecule has 2 aliphatic heterocycles. The first-order valence-electron chi connectivity index (χ1n) is 15.8. The third-order valence-corrected chi connectivity index (χ3v) is 9.27. The van der Waals surface area contributed by atoms with Crippen LogP contribution in [0.15, 0.2) is 24.5 Å². The molecule has 12 heteroatoms. The first kappa shape index (κ1) is 34.0. The highest BCUT2D eigenvalue weighted by Crippen LogP contribution is 2.44. The van der Waals surface area contributed by atoms with Crippen LogP contribution in [0.4, 0.5) is 10.2 Å². The van der Waals surface area contributed by atoms with Gasteiger partial charge in [-0.1, -0.05) is 13.8 Å². The average Bonchev–Trinajstić information content (AvgIpc) is 3.43. The summed E-state index contributed by atoms with van der Waals surface area (Å²) in [6.07, 6.45) is 2.95. The summed E-state index contributed by atoms with van der Waals surface area (Å²) in [7, 11) is 3.71. The van der Waals surface area contributed by atoms with Crippen molar-refractivity contribution in [3.63, 3.8) is 0 Å². The Kier molecular flexibility index (Phi) is 11.5. The quantitative estimate of drug-likeness (QED) is 0.320. The number of likely N-dealkylation sites (tertiary alicyclic amines) is 1. The molecule has 3 atom stereocenters. The summed E-state index contributed by atoms with van der Waals surface area (Å²) in [4.78, 5) is 26.3. The lowest BCUT2D eigenvalue weighted by molar-refractivity contribution is -0.0598. The number of ether oxygens (including phenoxy) is 2. The van der Waals surface area contributed by atoms with E-state index in [9.17, 15) is 14.3 Å². The molecule has 1 N–H and O–H groups in total. The van der Waals surface area contributed by atoms with Gasteiger partial charge < -0.3 is 29.3 Å². The highest BCUT2D eigenvalue weighted by molar-refractivity contribution is 5.97. The lowest BCUT2D eigenvalue weighted by Crippen LogP contribution is -2.63. The molecule has 1 aromatic carbocycles. The molecule has 0 bridgehead atoms. The average molecular weight is 616 g/mol. The highest BCUT2D eigenvalue weighted by atomic mass is 19.1. The van der Waals surface area contributed by atoms with Gasteiger partial charge in [-0.2, -0.15) is 0 Å². The second-order valence-corrected chi connectivity index (χ2v) is 12.7. The number of likely N-dealkylation sites (N-methyl/N-ethyl adjacent to an activating group) is 1. The molecule has 3 heterocycles. The number of hydrogen-bond donors (Lipinski definition) is 1. The summed E-state index contributed by atoms with van der Waals surface area (Å²) in [5, 5.41) is 19.2. The van der Waals surface area contributed by atoms with Gasteiger partial charge in [-0.3, -0.25) is 9.69 Å². The Morgan fingerprint density at radius 3 is 2.61 bits per heavy atom. The Morgan fingerprint density at radius 1 is 1.20 bits per heavy atom. The number of halogens is 1. The van der Waals surface area contributed by atoms with Gasteiger partial charge in [-0.25, -0.2) is 9.37 Å². The summed E-state index contributed by atoms with van der Waals surface area (Å²) >= 11 is 0. The monoisotopic (exact) mass is 615 g/mol. The number of amides is 1. The fourth-order valence-electron chi connectivity index (χ4n) is 6.77. The fourth-order valence-corrected chi connectivity index (χ4v) is 6.77. The second-order valence-electron chi connectivity index (χ2n) is 12.7. The molecule has 2 aliphatic rings. The second kappa shape index (κ2) is 14.9. The minimum Gasteiger partial charge on any atom is -0.434 e. The Morgan fingerprint density at radius 2 is 1.95 bits per heavy atom.